The van der Waals surface area contributed by atoms with Gasteiger partial charge in [0.1, 0.15) is 5.82 Å². The fourth-order valence-electron chi connectivity index (χ4n) is 2.94. The first-order valence-electron chi connectivity index (χ1n) is 8.70. The van der Waals surface area contributed by atoms with Crippen LogP contribution in [0.2, 0.25) is 0 Å². The van der Waals surface area contributed by atoms with E-state index in [-0.39, 0.29) is 17.7 Å². The molecule has 0 bridgehead atoms. The van der Waals surface area contributed by atoms with Gasteiger partial charge in [-0.3, -0.25) is 9.59 Å². The zero-order valence-corrected chi connectivity index (χ0v) is 17.1. The lowest BCUT2D eigenvalue weighted by Crippen LogP contribution is -2.41. The molecule has 1 saturated heterocycles. The highest BCUT2D eigenvalue weighted by molar-refractivity contribution is 9.10. The number of hydrogen-bond donors (Lipinski definition) is 2. The minimum absolute atomic E-state index is 0.0794. The van der Waals surface area contributed by atoms with Crippen molar-refractivity contribution in [1.82, 2.24) is 4.98 Å². The predicted octanol–water partition coefficient (Wildman–Crippen LogP) is 3.28. The lowest BCUT2D eigenvalue weighted by molar-refractivity contribution is -0.122. The summed E-state index contributed by atoms with van der Waals surface area (Å²) in [4.78, 5) is 31.1. The van der Waals surface area contributed by atoms with E-state index in [2.05, 4.69) is 31.1 Å². The Morgan fingerprint density at radius 1 is 1.26 bits per heavy atom. The summed E-state index contributed by atoms with van der Waals surface area (Å²) in [6.45, 7) is 1.45. The number of carbonyl (C=O) groups excluding carboxylic acids is 2. The Hall–Kier alpha value is -2.06. The average Bonchev–Trinajstić information content (AvgIpc) is 2.68. The molecule has 1 aliphatic rings. The fourth-order valence-corrected chi connectivity index (χ4v) is 3.90. The van der Waals surface area contributed by atoms with Gasteiger partial charge in [-0.05, 0) is 49.2 Å². The summed E-state index contributed by atoms with van der Waals surface area (Å²) in [5.74, 6) is 0.658. The highest BCUT2D eigenvalue weighted by Crippen LogP contribution is 2.23. The molecule has 0 spiro atoms. The quantitative estimate of drug-likeness (QED) is 0.661. The molecule has 1 unspecified atom stereocenters. The van der Waals surface area contributed by atoms with Gasteiger partial charge in [-0.25, -0.2) is 4.98 Å². The second kappa shape index (κ2) is 9.23. The van der Waals surface area contributed by atoms with Gasteiger partial charge in [0.2, 0.25) is 11.8 Å². The summed E-state index contributed by atoms with van der Waals surface area (Å²) >= 11 is 4.87. The molecule has 1 atom stereocenters. The van der Waals surface area contributed by atoms with Crippen LogP contribution in [0.5, 0.6) is 0 Å². The van der Waals surface area contributed by atoms with Crippen molar-refractivity contribution in [2.45, 2.75) is 17.7 Å². The maximum Gasteiger partial charge on any atom is 0.234 e. The van der Waals surface area contributed by atoms with Crippen molar-refractivity contribution in [3.8, 4) is 0 Å². The third-order valence-electron chi connectivity index (χ3n) is 4.36. The first-order chi connectivity index (χ1) is 13.0. The molecule has 1 aromatic heterocycles. The van der Waals surface area contributed by atoms with Gasteiger partial charge in [-0.1, -0.05) is 15.9 Å². The van der Waals surface area contributed by atoms with Crippen LogP contribution in [-0.4, -0.2) is 35.6 Å². The molecule has 6 nitrogen and oxygen atoms in total. The molecule has 2 heterocycles. The third-order valence-corrected chi connectivity index (χ3v) is 5.90. The number of hydrogen-bond acceptors (Lipinski definition) is 5. The molecular weight excluding hydrogens is 428 g/mol. The van der Waals surface area contributed by atoms with E-state index < -0.39 is 0 Å². The number of rotatable bonds is 6. The number of thioether (sulfide) groups is 1. The summed E-state index contributed by atoms with van der Waals surface area (Å²) in [6, 6.07) is 11.5. The minimum Gasteiger partial charge on any atom is -0.369 e. The summed E-state index contributed by atoms with van der Waals surface area (Å²) in [5, 5.41) is 2.86. The topological polar surface area (TPSA) is 88.3 Å². The third kappa shape index (κ3) is 5.71. The molecule has 1 aliphatic heterocycles. The first-order valence-corrected chi connectivity index (χ1v) is 10.5. The molecule has 3 N–H and O–H groups in total. The maximum absolute atomic E-state index is 12.1. The van der Waals surface area contributed by atoms with Crippen LogP contribution in [0.15, 0.2) is 52.0 Å². The van der Waals surface area contributed by atoms with Crippen LogP contribution in [-0.2, 0) is 9.59 Å². The molecule has 27 heavy (non-hydrogen) atoms. The van der Waals surface area contributed by atoms with Crippen molar-refractivity contribution in [2.24, 2.45) is 11.7 Å². The molecule has 0 aliphatic carbocycles. The van der Waals surface area contributed by atoms with Crippen LogP contribution >= 0.6 is 27.7 Å². The van der Waals surface area contributed by atoms with Crippen LogP contribution in [0.25, 0.3) is 0 Å². The van der Waals surface area contributed by atoms with Gasteiger partial charge in [0, 0.05) is 22.5 Å². The van der Waals surface area contributed by atoms with Crippen molar-refractivity contribution in [3.63, 3.8) is 0 Å². The monoisotopic (exact) mass is 448 g/mol. The Kier molecular flexibility index (Phi) is 6.73. The van der Waals surface area contributed by atoms with Gasteiger partial charge in [-0.2, -0.15) is 0 Å². The van der Waals surface area contributed by atoms with Gasteiger partial charge in [0.15, 0.2) is 0 Å². The normalized spacial score (nSPS) is 16.8. The number of benzene rings is 1. The number of amides is 2. The largest absolute Gasteiger partial charge is 0.369 e. The first kappa shape index (κ1) is 19.7. The van der Waals surface area contributed by atoms with E-state index in [4.69, 9.17) is 5.73 Å². The van der Waals surface area contributed by atoms with E-state index in [9.17, 15) is 9.59 Å². The number of nitrogens with one attached hydrogen (secondary N) is 1. The highest BCUT2D eigenvalue weighted by Gasteiger charge is 2.24. The Balaban J connectivity index is 1.51. The summed E-state index contributed by atoms with van der Waals surface area (Å²) in [6.07, 6.45) is 3.39. The number of halogens is 1. The molecule has 2 amide bonds. The van der Waals surface area contributed by atoms with Crippen LogP contribution in [0.4, 0.5) is 11.5 Å². The number of aromatic nitrogens is 1. The standard InChI is InChI=1S/C19H21BrN4O2S/c20-14-3-6-16(7-4-14)27-12-18(25)23-15-5-8-17(22-10-15)24-9-1-2-13(11-24)19(21)26/h3-8,10,13H,1-2,9,11-12H2,(H2,21,26)(H,23,25). The van der Waals surface area contributed by atoms with Crippen molar-refractivity contribution in [2.75, 3.05) is 29.1 Å². The van der Waals surface area contributed by atoms with E-state index in [1.54, 1.807) is 6.20 Å². The fraction of sp³-hybridized carbons (Fsp3) is 0.316. The Bertz CT molecular complexity index is 798. The SMILES string of the molecule is NC(=O)C1CCCN(c2ccc(NC(=O)CSc3ccc(Br)cc3)cn2)C1. The average molecular weight is 449 g/mol. The van der Waals surface area contributed by atoms with Crippen LogP contribution in [0.3, 0.4) is 0 Å². The number of primary amides is 1. The molecule has 3 rings (SSSR count). The number of nitrogens with two attached hydrogens (primary N) is 1. The maximum atomic E-state index is 12.1. The Morgan fingerprint density at radius 3 is 2.70 bits per heavy atom. The highest BCUT2D eigenvalue weighted by atomic mass is 79.9. The van der Waals surface area contributed by atoms with Crippen molar-refractivity contribution in [3.05, 3.63) is 47.1 Å². The molecule has 142 valence electrons. The van der Waals surface area contributed by atoms with Gasteiger partial charge in [-0.15, -0.1) is 11.8 Å². The molecule has 1 fully saturated rings. The van der Waals surface area contributed by atoms with E-state index in [0.717, 1.165) is 34.6 Å². The molecule has 0 saturated carbocycles. The number of nitrogens with zero attached hydrogens (tertiary/aromatic N) is 2. The zero-order valence-electron chi connectivity index (χ0n) is 14.7. The van der Waals surface area contributed by atoms with Crippen molar-refractivity contribution >= 4 is 51.0 Å². The number of pyridine rings is 1. The van der Waals surface area contributed by atoms with Crippen LogP contribution in [0, 0.1) is 5.92 Å². The van der Waals surface area contributed by atoms with Crippen LogP contribution in [0.1, 0.15) is 12.8 Å². The molecule has 1 aromatic carbocycles. The van der Waals surface area contributed by atoms with E-state index in [1.165, 1.54) is 11.8 Å². The lowest BCUT2D eigenvalue weighted by atomic mass is 9.97. The Labute approximate surface area is 171 Å². The number of carbonyl (C=O) groups is 2. The smallest absolute Gasteiger partial charge is 0.234 e. The van der Waals surface area contributed by atoms with E-state index in [0.29, 0.717) is 18.0 Å². The second-order valence-corrected chi connectivity index (χ2v) is 8.35. The predicted molar refractivity (Wildman–Crippen MR) is 112 cm³/mol. The lowest BCUT2D eigenvalue weighted by Gasteiger charge is -2.32. The molecular formula is C19H21BrN4O2S. The van der Waals surface area contributed by atoms with Gasteiger partial charge in [0.05, 0.1) is 23.6 Å². The van der Waals surface area contributed by atoms with Gasteiger partial charge >= 0.3 is 0 Å². The molecule has 8 heteroatoms. The number of anilines is 2. The summed E-state index contributed by atoms with van der Waals surface area (Å²) < 4.78 is 1.01. The van der Waals surface area contributed by atoms with Gasteiger partial charge in [0.25, 0.3) is 0 Å². The molecule has 0 radical (unpaired) electrons. The minimum atomic E-state index is -0.258. The Morgan fingerprint density at radius 2 is 2.04 bits per heavy atom. The summed E-state index contributed by atoms with van der Waals surface area (Å²) in [5.41, 5.74) is 6.08. The second-order valence-electron chi connectivity index (χ2n) is 6.38. The van der Waals surface area contributed by atoms with Gasteiger partial charge < -0.3 is 16.0 Å². The number of piperidine rings is 1. The van der Waals surface area contributed by atoms with Crippen LogP contribution < -0.4 is 16.0 Å². The van der Waals surface area contributed by atoms with Crippen molar-refractivity contribution < 1.29 is 9.59 Å². The van der Waals surface area contributed by atoms with Crippen molar-refractivity contribution in [1.29, 1.82) is 0 Å². The summed E-state index contributed by atoms with van der Waals surface area (Å²) in [7, 11) is 0. The molecule has 2 aromatic rings. The van der Waals surface area contributed by atoms with E-state index in [1.807, 2.05) is 36.4 Å². The zero-order chi connectivity index (χ0) is 19.2. The van der Waals surface area contributed by atoms with E-state index >= 15 is 0 Å².